The Hall–Kier alpha value is -3.26. The lowest BCUT2D eigenvalue weighted by molar-refractivity contribution is 0.485. The maximum absolute atomic E-state index is 12.0. The van der Waals surface area contributed by atoms with Gasteiger partial charge in [-0.25, -0.2) is 18.4 Å². The summed E-state index contributed by atoms with van der Waals surface area (Å²) in [7, 11) is -0.946. The predicted octanol–water partition coefficient (Wildman–Crippen LogP) is 4.11. The normalized spacial score (nSPS) is 17.5. The summed E-state index contributed by atoms with van der Waals surface area (Å²) in [6.07, 6.45) is 0.622. The number of rotatable bonds is 5. The van der Waals surface area contributed by atoms with Gasteiger partial charge in [-0.15, -0.1) is 0 Å². The maximum atomic E-state index is 12.0. The van der Waals surface area contributed by atoms with Crippen LogP contribution in [0, 0.1) is 13.8 Å². The number of para-hydroxylation sites is 1. The molecule has 1 fully saturated rings. The zero-order valence-corrected chi connectivity index (χ0v) is 19.9. The van der Waals surface area contributed by atoms with Crippen molar-refractivity contribution < 1.29 is 8.42 Å². The first-order chi connectivity index (χ1) is 15.8. The quantitative estimate of drug-likeness (QED) is 0.445. The van der Waals surface area contributed by atoms with E-state index in [0.717, 1.165) is 39.2 Å². The Morgan fingerprint density at radius 2 is 1.76 bits per heavy atom. The summed E-state index contributed by atoms with van der Waals surface area (Å²) >= 11 is 0. The molecule has 0 radical (unpaired) electrons. The van der Waals surface area contributed by atoms with Gasteiger partial charge in [-0.1, -0.05) is 42.5 Å². The Labute approximate surface area is 194 Å². The minimum absolute atomic E-state index is 0.0858. The second kappa shape index (κ2) is 8.26. The van der Waals surface area contributed by atoms with Crippen molar-refractivity contribution in [3.63, 3.8) is 0 Å². The van der Waals surface area contributed by atoms with Crippen LogP contribution in [0.2, 0.25) is 0 Å². The smallest absolute Gasteiger partial charge is 0.162 e. The van der Waals surface area contributed by atoms with Gasteiger partial charge in [0.1, 0.15) is 5.82 Å². The molecule has 4 aromatic rings. The number of aryl methyl sites for hydroxylation is 1. The van der Waals surface area contributed by atoms with Crippen LogP contribution < -0.4 is 4.90 Å². The van der Waals surface area contributed by atoms with Crippen LogP contribution >= 0.6 is 0 Å². The van der Waals surface area contributed by atoms with Crippen LogP contribution in [0.3, 0.4) is 0 Å². The fourth-order valence-electron chi connectivity index (χ4n) is 4.63. The van der Waals surface area contributed by atoms with Gasteiger partial charge < -0.3 is 4.90 Å². The lowest BCUT2D eigenvalue weighted by Gasteiger charge is -2.21. The topological polar surface area (TPSA) is 81.0 Å². The number of hydrogen-bond donors (Lipinski definition) is 0. The third-order valence-electron chi connectivity index (χ3n) is 6.40. The van der Waals surface area contributed by atoms with Crippen molar-refractivity contribution in [2.45, 2.75) is 32.9 Å². The highest BCUT2D eigenvalue weighted by Crippen LogP contribution is 2.30. The molecule has 1 atom stereocenters. The first-order valence-corrected chi connectivity index (χ1v) is 12.9. The molecule has 1 saturated heterocycles. The first-order valence-electron chi connectivity index (χ1n) is 11.1. The molecule has 1 aliphatic rings. The van der Waals surface area contributed by atoms with Gasteiger partial charge >= 0.3 is 0 Å². The van der Waals surface area contributed by atoms with Crippen molar-refractivity contribution in [2.75, 3.05) is 23.5 Å². The lowest BCUT2D eigenvalue weighted by Crippen LogP contribution is -2.20. The second-order valence-electron chi connectivity index (χ2n) is 8.76. The Morgan fingerprint density at radius 1 is 1.03 bits per heavy atom. The van der Waals surface area contributed by atoms with Crippen molar-refractivity contribution in [3.05, 3.63) is 71.5 Å². The molecule has 0 N–H and O–H groups in total. The molecular formula is C25H27N5O2S. The van der Waals surface area contributed by atoms with E-state index < -0.39 is 9.84 Å². The van der Waals surface area contributed by atoms with Crippen molar-refractivity contribution >= 4 is 26.6 Å². The monoisotopic (exact) mass is 461 g/mol. The number of benzene rings is 2. The number of anilines is 1. The van der Waals surface area contributed by atoms with Crippen LogP contribution in [-0.2, 0) is 16.4 Å². The molecule has 2 aromatic carbocycles. The van der Waals surface area contributed by atoms with Crippen LogP contribution in [-0.4, -0.2) is 46.7 Å². The fraction of sp³-hybridized carbons (Fsp3) is 0.320. The first kappa shape index (κ1) is 21.6. The molecule has 0 saturated carbocycles. The van der Waals surface area contributed by atoms with E-state index in [2.05, 4.69) is 4.90 Å². The van der Waals surface area contributed by atoms with Gasteiger partial charge in [0.15, 0.2) is 15.7 Å². The molecule has 170 valence electrons. The number of sulfone groups is 1. The van der Waals surface area contributed by atoms with E-state index >= 15 is 0 Å². The molecule has 0 amide bonds. The van der Waals surface area contributed by atoms with Crippen LogP contribution in [0.4, 0.5) is 5.82 Å². The van der Waals surface area contributed by atoms with Crippen molar-refractivity contribution in [2.24, 2.45) is 0 Å². The van der Waals surface area contributed by atoms with E-state index in [4.69, 9.17) is 15.1 Å². The Morgan fingerprint density at radius 3 is 2.48 bits per heavy atom. The van der Waals surface area contributed by atoms with Gasteiger partial charge in [-0.3, -0.25) is 4.68 Å². The van der Waals surface area contributed by atoms with Gasteiger partial charge in [0.25, 0.3) is 0 Å². The summed E-state index contributed by atoms with van der Waals surface area (Å²) in [5.41, 5.74) is 4.91. The molecule has 0 aliphatic carbocycles. The van der Waals surface area contributed by atoms with Crippen molar-refractivity contribution in [3.8, 4) is 11.4 Å². The number of hydrogen-bond acceptors (Lipinski definition) is 6. The largest absolute Gasteiger partial charge is 0.355 e. The van der Waals surface area contributed by atoms with Crippen LogP contribution in [0.5, 0.6) is 0 Å². The summed E-state index contributed by atoms with van der Waals surface area (Å²) in [4.78, 5) is 11.9. The van der Waals surface area contributed by atoms with Gasteiger partial charge in [0.05, 0.1) is 28.8 Å². The molecule has 0 bridgehead atoms. The SMILES string of the molecule is Cc1nn(C2CCS(=O)(=O)C2)c(C)c1CN(C)c1nc(-c2ccccc2)nc2ccccc12. The number of nitrogens with zero attached hydrogens (tertiary/aromatic N) is 5. The standard InChI is InChI=1S/C25H27N5O2S/c1-17-22(18(2)30(28-17)20-13-14-33(31,32)16-20)15-29(3)25-21-11-7-8-12-23(21)26-24(27-25)19-9-5-4-6-10-19/h4-12,20H,13-16H2,1-3H3. The molecule has 3 heterocycles. The van der Waals surface area contributed by atoms with Crippen LogP contribution in [0.25, 0.3) is 22.3 Å². The molecule has 8 heteroatoms. The van der Waals surface area contributed by atoms with E-state index in [9.17, 15) is 8.42 Å². The lowest BCUT2D eigenvalue weighted by atomic mass is 10.1. The molecule has 5 rings (SSSR count). The highest BCUT2D eigenvalue weighted by Gasteiger charge is 2.31. The van der Waals surface area contributed by atoms with Gasteiger partial charge in [0, 0.05) is 35.8 Å². The Kier molecular flexibility index (Phi) is 5.40. The summed E-state index contributed by atoms with van der Waals surface area (Å²) in [6.45, 7) is 4.64. The van der Waals surface area contributed by atoms with E-state index in [1.807, 2.05) is 80.2 Å². The zero-order valence-electron chi connectivity index (χ0n) is 19.1. The highest BCUT2D eigenvalue weighted by molar-refractivity contribution is 7.91. The van der Waals surface area contributed by atoms with Crippen molar-refractivity contribution in [1.29, 1.82) is 0 Å². The fourth-order valence-corrected chi connectivity index (χ4v) is 6.32. The molecule has 1 unspecified atom stereocenters. The molecule has 33 heavy (non-hydrogen) atoms. The van der Waals surface area contributed by atoms with Crippen LogP contribution in [0.1, 0.15) is 29.4 Å². The third kappa shape index (κ3) is 4.11. The van der Waals surface area contributed by atoms with E-state index in [1.165, 1.54) is 0 Å². The Bertz CT molecular complexity index is 1430. The summed E-state index contributed by atoms with van der Waals surface area (Å²) in [5, 5.41) is 5.71. The molecule has 1 aliphatic heterocycles. The van der Waals surface area contributed by atoms with Gasteiger partial charge in [0.2, 0.25) is 0 Å². The summed E-state index contributed by atoms with van der Waals surface area (Å²) < 4.78 is 25.9. The summed E-state index contributed by atoms with van der Waals surface area (Å²) in [6, 6.07) is 17.9. The van der Waals surface area contributed by atoms with Gasteiger partial charge in [-0.2, -0.15) is 5.10 Å². The Balaban J connectivity index is 1.52. The van der Waals surface area contributed by atoms with E-state index in [0.29, 0.717) is 18.8 Å². The molecule has 2 aromatic heterocycles. The number of aromatic nitrogens is 4. The molecule has 0 spiro atoms. The average Bonchev–Trinajstić information content (AvgIpc) is 3.32. The zero-order chi connectivity index (χ0) is 23.2. The van der Waals surface area contributed by atoms with Gasteiger partial charge in [-0.05, 0) is 32.4 Å². The maximum Gasteiger partial charge on any atom is 0.162 e. The summed E-state index contributed by atoms with van der Waals surface area (Å²) in [5.74, 6) is 1.95. The minimum atomic E-state index is -2.97. The average molecular weight is 462 g/mol. The molecule has 7 nitrogen and oxygen atoms in total. The van der Waals surface area contributed by atoms with Crippen molar-refractivity contribution in [1.82, 2.24) is 19.7 Å². The number of fused-ring (bicyclic) bond motifs is 1. The predicted molar refractivity (Wildman–Crippen MR) is 131 cm³/mol. The minimum Gasteiger partial charge on any atom is -0.355 e. The second-order valence-corrected chi connectivity index (χ2v) is 11.0. The van der Waals surface area contributed by atoms with E-state index in [1.54, 1.807) is 0 Å². The van der Waals surface area contributed by atoms with E-state index in [-0.39, 0.29) is 17.5 Å². The highest BCUT2D eigenvalue weighted by atomic mass is 32.2. The third-order valence-corrected chi connectivity index (χ3v) is 8.15. The van der Waals surface area contributed by atoms with Crippen LogP contribution in [0.15, 0.2) is 54.6 Å². The molecular weight excluding hydrogens is 434 g/mol.